The van der Waals surface area contributed by atoms with Crippen molar-refractivity contribution in [2.24, 2.45) is 0 Å². The van der Waals surface area contributed by atoms with Gasteiger partial charge in [0.15, 0.2) is 11.5 Å². The van der Waals surface area contributed by atoms with E-state index in [-0.39, 0.29) is 11.5 Å². The normalized spacial score (nSPS) is 10.2. The Morgan fingerprint density at radius 1 is 1.31 bits per heavy atom. The summed E-state index contributed by atoms with van der Waals surface area (Å²) in [7, 11) is 1.44. The van der Waals surface area contributed by atoms with Crippen molar-refractivity contribution in [1.82, 2.24) is 0 Å². The van der Waals surface area contributed by atoms with Gasteiger partial charge in [-0.3, -0.25) is 0 Å². The van der Waals surface area contributed by atoms with E-state index in [9.17, 15) is 5.11 Å². The molecule has 3 nitrogen and oxygen atoms in total. The molecule has 72 valence electrons. The summed E-state index contributed by atoms with van der Waals surface area (Å²) >= 11 is 5.94. The van der Waals surface area contributed by atoms with Crippen molar-refractivity contribution in [2.45, 2.75) is 13.8 Å². The number of hydrogen-bond donors (Lipinski definition) is 2. The van der Waals surface area contributed by atoms with Crippen LogP contribution in [0.2, 0.25) is 5.02 Å². The molecule has 0 radical (unpaired) electrons. The van der Waals surface area contributed by atoms with Gasteiger partial charge >= 0.3 is 0 Å². The average molecular weight is 202 g/mol. The molecule has 1 aromatic carbocycles. The predicted octanol–water partition coefficient (Wildman–Crippen LogP) is 2.25. The van der Waals surface area contributed by atoms with Crippen LogP contribution >= 0.6 is 11.6 Å². The van der Waals surface area contributed by atoms with Crippen LogP contribution in [0.1, 0.15) is 11.1 Å². The van der Waals surface area contributed by atoms with Crippen molar-refractivity contribution in [3.63, 3.8) is 0 Å². The van der Waals surface area contributed by atoms with E-state index in [0.29, 0.717) is 10.7 Å². The first kappa shape index (κ1) is 9.99. The molecule has 13 heavy (non-hydrogen) atoms. The minimum atomic E-state index is -0.0874. The van der Waals surface area contributed by atoms with Crippen molar-refractivity contribution < 1.29 is 9.84 Å². The highest BCUT2D eigenvalue weighted by Gasteiger charge is 2.16. The van der Waals surface area contributed by atoms with Crippen LogP contribution in [0.5, 0.6) is 11.5 Å². The number of ether oxygens (including phenoxy) is 1. The average Bonchev–Trinajstić information content (AvgIpc) is 2.13. The van der Waals surface area contributed by atoms with Crippen LogP contribution in [0.15, 0.2) is 0 Å². The van der Waals surface area contributed by atoms with Gasteiger partial charge in [0.25, 0.3) is 0 Å². The van der Waals surface area contributed by atoms with Crippen molar-refractivity contribution in [3.8, 4) is 11.5 Å². The highest BCUT2D eigenvalue weighted by atomic mass is 35.5. The number of nitrogens with two attached hydrogens (primary N) is 1. The van der Waals surface area contributed by atoms with Crippen LogP contribution in [0, 0.1) is 13.8 Å². The van der Waals surface area contributed by atoms with Crippen molar-refractivity contribution in [1.29, 1.82) is 0 Å². The standard InChI is InChI=1S/C9H12ClNO2/c1-4-5(2)7(11)8(12)9(13-3)6(4)10/h12H,11H2,1-3H3. The smallest absolute Gasteiger partial charge is 0.183 e. The Labute approximate surface area is 82.1 Å². The zero-order valence-corrected chi connectivity index (χ0v) is 8.57. The van der Waals surface area contributed by atoms with E-state index in [0.717, 1.165) is 11.1 Å². The lowest BCUT2D eigenvalue weighted by molar-refractivity contribution is 0.374. The highest BCUT2D eigenvalue weighted by molar-refractivity contribution is 6.33. The second kappa shape index (κ2) is 3.34. The molecular formula is C9H12ClNO2. The number of rotatable bonds is 1. The van der Waals surface area contributed by atoms with Gasteiger partial charge in [-0.1, -0.05) is 11.6 Å². The fourth-order valence-corrected chi connectivity index (χ4v) is 1.44. The zero-order chi connectivity index (χ0) is 10.2. The van der Waals surface area contributed by atoms with Crippen LogP contribution in [0.25, 0.3) is 0 Å². The Morgan fingerprint density at radius 3 is 2.31 bits per heavy atom. The summed E-state index contributed by atoms with van der Waals surface area (Å²) in [6.45, 7) is 3.63. The third-order valence-electron chi connectivity index (χ3n) is 2.17. The zero-order valence-electron chi connectivity index (χ0n) is 7.81. The maximum atomic E-state index is 9.55. The molecule has 0 spiro atoms. The molecule has 1 rings (SSSR count). The molecular weight excluding hydrogens is 190 g/mol. The van der Waals surface area contributed by atoms with Crippen molar-refractivity contribution >= 4 is 17.3 Å². The molecule has 0 bridgehead atoms. The second-order valence-corrected chi connectivity index (χ2v) is 3.24. The number of hydrogen-bond acceptors (Lipinski definition) is 3. The van der Waals surface area contributed by atoms with Gasteiger partial charge in [-0.05, 0) is 25.0 Å². The van der Waals surface area contributed by atoms with Gasteiger partial charge in [-0.25, -0.2) is 0 Å². The van der Waals surface area contributed by atoms with E-state index in [1.807, 2.05) is 6.92 Å². The number of benzene rings is 1. The number of aromatic hydroxyl groups is 1. The molecule has 0 amide bonds. The van der Waals surface area contributed by atoms with Gasteiger partial charge in [0.2, 0.25) is 0 Å². The molecule has 0 aliphatic carbocycles. The largest absolute Gasteiger partial charge is 0.503 e. The fraction of sp³-hybridized carbons (Fsp3) is 0.333. The van der Waals surface area contributed by atoms with E-state index < -0.39 is 0 Å². The summed E-state index contributed by atoms with van der Waals surface area (Å²) in [5.74, 6) is 0.151. The maximum Gasteiger partial charge on any atom is 0.183 e. The van der Waals surface area contributed by atoms with Gasteiger partial charge in [-0.15, -0.1) is 0 Å². The number of methoxy groups -OCH3 is 1. The lowest BCUT2D eigenvalue weighted by Crippen LogP contribution is -1.97. The molecule has 0 aliphatic heterocycles. The topological polar surface area (TPSA) is 55.5 Å². The second-order valence-electron chi connectivity index (χ2n) is 2.86. The maximum absolute atomic E-state index is 9.55. The summed E-state index contributed by atoms with van der Waals surface area (Å²) in [5.41, 5.74) is 7.57. The SMILES string of the molecule is COc1c(O)c(N)c(C)c(C)c1Cl. The van der Waals surface area contributed by atoms with Gasteiger partial charge in [0.05, 0.1) is 17.8 Å². The Bertz CT molecular complexity index is 321. The number of halogens is 1. The van der Waals surface area contributed by atoms with E-state index in [4.69, 9.17) is 22.1 Å². The first-order valence-corrected chi connectivity index (χ1v) is 4.19. The lowest BCUT2D eigenvalue weighted by Gasteiger charge is -2.13. The predicted molar refractivity (Wildman–Crippen MR) is 53.6 cm³/mol. The summed E-state index contributed by atoms with van der Waals surface area (Å²) in [5, 5.41) is 9.96. The Morgan fingerprint density at radius 2 is 1.85 bits per heavy atom. The number of phenols is 1. The van der Waals surface area contributed by atoms with Crippen LogP contribution in [-0.2, 0) is 0 Å². The lowest BCUT2D eigenvalue weighted by atomic mass is 10.1. The summed E-state index contributed by atoms with van der Waals surface area (Å²) < 4.78 is 4.93. The summed E-state index contributed by atoms with van der Waals surface area (Å²) in [6, 6.07) is 0. The first-order chi connectivity index (χ1) is 6.00. The minimum Gasteiger partial charge on any atom is -0.503 e. The third kappa shape index (κ3) is 1.40. The first-order valence-electron chi connectivity index (χ1n) is 3.81. The van der Waals surface area contributed by atoms with Crippen LogP contribution in [0.3, 0.4) is 0 Å². The molecule has 0 saturated heterocycles. The molecule has 0 fully saturated rings. The minimum absolute atomic E-state index is 0.0874. The molecule has 0 aromatic heterocycles. The van der Waals surface area contributed by atoms with E-state index in [1.54, 1.807) is 6.92 Å². The molecule has 3 N–H and O–H groups in total. The van der Waals surface area contributed by atoms with Crippen molar-refractivity contribution in [3.05, 3.63) is 16.1 Å². The van der Waals surface area contributed by atoms with Gasteiger partial charge in [0.1, 0.15) is 0 Å². The molecule has 0 unspecified atom stereocenters. The summed E-state index contributed by atoms with van der Waals surface area (Å²) in [4.78, 5) is 0. The van der Waals surface area contributed by atoms with Gasteiger partial charge in [0, 0.05) is 0 Å². The molecule has 1 aromatic rings. The van der Waals surface area contributed by atoms with E-state index in [2.05, 4.69) is 0 Å². The van der Waals surface area contributed by atoms with Gasteiger partial charge < -0.3 is 15.6 Å². The molecule has 0 saturated carbocycles. The Kier molecular flexibility index (Phi) is 2.57. The quantitative estimate of drug-likeness (QED) is 0.541. The van der Waals surface area contributed by atoms with E-state index in [1.165, 1.54) is 7.11 Å². The monoisotopic (exact) mass is 201 g/mol. The van der Waals surface area contributed by atoms with Crippen LogP contribution in [-0.4, -0.2) is 12.2 Å². The summed E-state index contributed by atoms with van der Waals surface area (Å²) in [6.07, 6.45) is 0. The molecule has 4 heteroatoms. The van der Waals surface area contributed by atoms with Crippen LogP contribution < -0.4 is 10.5 Å². The fourth-order valence-electron chi connectivity index (χ4n) is 1.13. The molecule has 0 heterocycles. The number of nitrogen functional groups attached to an aromatic ring is 1. The number of anilines is 1. The van der Waals surface area contributed by atoms with Crippen LogP contribution in [0.4, 0.5) is 5.69 Å². The van der Waals surface area contributed by atoms with Crippen molar-refractivity contribution in [2.75, 3.05) is 12.8 Å². The van der Waals surface area contributed by atoms with E-state index >= 15 is 0 Å². The molecule has 0 atom stereocenters. The Hall–Kier alpha value is -1.09. The third-order valence-corrected chi connectivity index (χ3v) is 2.62. The number of phenolic OH excluding ortho intramolecular Hbond substituents is 1. The Balaban J connectivity index is 3.56. The highest BCUT2D eigenvalue weighted by Crippen LogP contribution is 2.43. The van der Waals surface area contributed by atoms with Gasteiger partial charge in [-0.2, -0.15) is 0 Å². The molecule has 0 aliphatic rings.